The Hall–Kier alpha value is -0.460. The van der Waals surface area contributed by atoms with Crippen molar-refractivity contribution in [3.05, 3.63) is 11.8 Å². The monoisotopic (exact) mass is 84.1 g/mol. The summed E-state index contributed by atoms with van der Waals surface area (Å²) in [6.07, 6.45) is 2.08. The highest BCUT2D eigenvalue weighted by atomic mass is 16.5. The van der Waals surface area contributed by atoms with E-state index >= 15 is 0 Å². The van der Waals surface area contributed by atoms with Crippen LogP contribution in [-0.2, 0) is 4.74 Å². The predicted octanol–water partition coefficient (Wildman–Crippen LogP) is 1.17. The maximum Gasteiger partial charge on any atom is 0.0989 e. The van der Waals surface area contributed by atoms with Gasteiger partial charge in [0.15, 0.2) is 0 Å². The van der Waals surface area contributed by atoms with E-state index < -0.39 is 0 Å². The SMILES string of the molecule is COC1=CC1C. The molecule has 34 valence electrons. The molecule has 0 radical (unpaired) electrons. The lowest BCUT2D eigenvalue weighted by molar-refractivity contribution is 0.296. The van der Waals surface area contributed by atoms with Crippen LogP contribution in [-0.4, -0.2) is 7.11 Å². The molecule has 0 aliphatic heterocycles. The lowest BCUT2D eigenvalue weighted by Crippen LogP contribution is -1.72. The van der Waals surface area contributed by atoms with E-state index in [0.717, 1.165) is 5.76 Å². The van der Waals surface area contributed by atoms with Crippen molar-refractivity contribution in [3.63, 3.8) is 0 Å². The van der Waals surface area contributed by atoms with Gasteiger partial charge in [-0.3, -0.25) is 0 Å². The molecule has 1 aliphatic rings. The molecule has 1 heteroatoms. The Kier molecular flexibility index (Phi) is 0.621. The van der Waals surface area contributed by atoms with Gasteiger partial charge in [0, 0.05) is 5.92 Å². The number of ether oxygens (including phenoxy) is 1. The lowest BCUT2D eigenvalue weighted by Gasteiger charge is -1.85. The average Bonchev–Trinajstić information content (AvgIpc) is 2.19. The molecular formula is C5H8O. The van der Waals surface area contributed by atoms with E-state index in [4.69, 9.17) is 4.74 Å². The van der Waals surface area contributed by atoms with Crippen molar-refractivity contribution in [2.45, 2.75) is 6.92 Å². The van der Waals surface area contributed by atoms with Gasteiger partial charge in [-0.1, -0.05) is 6.92 Å². The van der Waals surface area contributed by atoms with E-state index in [1.165, 1.54) is 0 Å². The quantitative estimate of drug-likeness (QED) is 0.463. The molecule has 0 bridgehead atoms. The van der Waals surface area contributed by atoms with Gasteiger partial charge in [-0.2, -0.15) is 0 Å². The van der Waals surface area contributed by atoms with E-state index in [9.17, 15) is 0 Å². The number of rotatable bonds is 1. The highest BCUT2D eigenvalue weighted by Gasteiger charge is 2.18. The summed E-state index contributed by atoms with van der Waals surface area (Å²) < 4.78 is 4.83. The maximum atomic E-state index is 4.83. The third-order valence-corrected chi connectivity index (χ3v) is 0.990. The molecule has 1 nitrogen and oxygen atoms in total. The summed E-state index contributed by atoms with van der Waals surface area (Å²) in [6.45, 7) is 2.11. The largest absolute Gasteiger partial charge is 0.501 e. The topological polar surface area (TPSA) is 9.23 Å². The third-order valence-electron chi connectivity index (χ3n) is 0.990. The lowest BCUT2D eigenvalue weighted by atomic mass is 10.4. The summed E-state index contributed by atoms with van der Waals surface area (Å²) in [7, 11) is 1.70. The van der Waals surface area contributed by atoms with Crippen LogP contribution in [0.1, 0.15) is 6.92 Å². The van der Waals surface area contributed by atoms with Crippen molar-refractivity contribution in [1.82, 2.24) is 0 Å². The molecule has 0 saturated carbocycles. The second kappa shape index (κ2) is 1.00. The predicted molar refractivity (Wildman–Crippen MR) is 24.3 cm³/mol. The van der Waals surface area contributed by atoms with Crippen molar-refractivity contribution >= 4 is 0 Å². The molecule has 0 aromatic rings. The van der Waals surface area contributed by atoms with E-state index in [0.29, 0.717) is 5.92 Å². The van der Waals surface area contributed by atoms with Gasteiger partial charge in [-0.25, -0.2) is 0 Å². The molecule has 1 rings (SSSR count). The van der Waals surface area contributed by atoms with Crippen molar-refractivity contribution in [3.8, 4) is 0 Å². The summed E-state index contributed by atoms with van der Waals surface area (Å²) >= 11 is 0. The number of hydrogen-bond acceptors (Lipinski definition) is 1. The first-order chi connectivity index (χ1) is 2.84. The molecule has 1 aliphatic carbocycles. The summed E-state index contributed by atoms with van der Waals surface area (Å²) in [5, 5.41) is 0. The molecule has 0 spiro atoms. The second-order valence-corrected chi connectivity index (χ2v) is 1.56. The van der Waals surface area contributed by atoms with Gasteiger partial charge in [0.1, 0.15) is 0 Å². The standard InChI is InChI=1S/C5H8O/c1-4-3-5(4)6-2/h3-4H,1-2H3. The van der Waals surface area contributed by atoms with Crippen molar-refractivity contribution in [2.75, 3.05) is 7.11 Å². The Morgan fingerprint density at radius 2 is 2.33 bits per heavy atom. The Morgan fingerprint density at radius 1 is 1.83 bits per heavy atom. The highest BCUT2D eigenvalue weighted by molar-refractivity contribution is 5.20. The average molecular weight is 84.1 g/mol. The van der Waals surface area contributed by atoms with Crippen LogP contribution < -0.4 is 0 Å². The Labute approximate surface area is 37.6 Å². The summed E-state index contributed by atoms with van der Waals surface area (Å²) in [4.78, 5) is 0. The zero-order valence-corrected chi connectivity index (χ0v) is 4.06. The van der Waals surface area contributed by atoms with Crippen LogP contribution in [0.25, 0.3) is 0 Å². The number of hydrogen-bond donors (Lipinski definition) is 0. The molecule has 0 heterocycles. The molecule has 0 aromatic carbocycles. The van der Waals surface area contributed by atoms with Gasteiger partial charge in [0.25, 0.3) is 0 Å². The molecular weight excluding hydrogens is 76.1 g/mol. The maximum absolute atomic E-state index is 4.83. The zero-order chi connectivity index (χ0) is 4.57. The van der Waals surface area contributed by atoms with Crippen molar-refractivity contribution < 1.29 is 4.74 Å². The third kappa shape index (κ3) is 0.402. The van der Waals surface area contributed by atoms with Gasteiger partial charge < -0.3 is 4.74 Å². The first kappa shape index (κ1) is 3.72. The van der Waals surface area contributed by atoms with Crippen molar-refractivity contribution in [1.29, 1.82) is 0 Å². The Balaban J connectivity index is 2.23. The molecule has 1 unspecified atom stereocenters. The number of allylic oxidation sites excluding steroid dienone is 2. The molecule has 0 amide bonds. The fraction of sp³-hybridized carbons (Fsp3) is 0.600. The first-order valence-corrected chi connectivity index (χ1v) is 2.10. The van der Waals surface area contributed by atoms with Gasteiger partial charge in [-0.05, 0) is 6.08 Å². The van der Waals surface area contributed by atoms with Gasteiger partial charge >= 0.3 is 0 Å². The van der Waals surface area contributed by atoms with Crippen LogP contribution in [0.15, 0.2) is 11.8 Å². The first-order valence-electron chi connectivity index (χ1n) is 2.10. The van der Waals surface area contributed by atoms with Crippen molar-refractivity contribution in [2.24, 2.45) is 5.92 Å². The van der Waals surface area contributed by atoms with Gasteiger partial charge in [-0.15, -0.1) is 0 Å². The van der Waals surface area contributed by atoms with Crippen LogP contribution in [0.4, 0.5) is 0 Å². The Morgan fingerprint density at radius 3 is 2.33 bits per heavy atom. The van der Waals surface area contributed by atoms with Crippen LogP contribution in [0, 0.1) is 5.92 Å². The minimum atomic E-state index is 0.634. The molecule has 0 saturated heterocycles. The molecule has 0 N–H and O–H groups in total. The zero-order valence-electron chi connectivity index (χ0n) is 4.06. The molecule has 0 fully saturated rings. The summed E-state index contributed by atoms with van der Waals surface area (Å²) in [6, 6.07) is 0. The van der Waals surface area contributed by atoms with Gasteiger partial charge in [0.05, 0.1) is 12.9 Å². The van der Waals surface area contributed by atoms with E-state index in [1.807, 2.05) is 0 Å². The van der Waals surface area contributed by atoms with Crippen LogP contribution in [0.5, 0.6) is 0 Å². The van der Waals surface area contributed by atoms with E-state index in [-0.39, 0.29) is 0 Å². The van der Waals surface area contributed by atoms with Crippen LogP contribution >= 0.6 is 0 Å². The van der Waals surface area contributed by atoms with Gasteiger partial charge in [0.2, 0.25) is 0 Å². The Bertz CT molecular complexity index is 83.9. The summed E-state index contributed by atoms with van der Waals surface area (Å²) in [5.74, 6) is 1.77. The fourth-order valence-electron chi connectivity index (χ4n) is 0.452. The molecule has 1 atom stereocenters. The minimum Gasteiger partial charge on any atom is -0.501 e. The highest BCUT2D eigenvalue weighted by Crippen LogP contribution is 2.27. The molecule has 6 heavy (non-hydrogen) atoms. The minimum absolute atomic E-state index is 0.634. The smallest absolute Gasteiger partial charge is 0.0989 e. The normalized spacial score (nSPS) is 29.0. The summed E-state index contributed by atoms with van der Waals surface area (Å²) in [5.41, 5.74) is 0. The number of methoxy groups -OCH3 is 1. The fourth-order valence-corrected chi connectivity index (χ4v) is 0.452. The molecule has 0 aromatic heterocycles. The van der Waals surface area contributed by atoms with Crippen LogP contribution in [0.2, 0.25) is 0 Å². The van der Waals surface area contributed by atoms with E-state index in [1.54, 1.807) is 7.11 Å². The second-order valence-electron chi connectivity index (χ2n) is 1.56. The van der Waals surface area contributed by atoms with Crippen LogP contribution in [0.3, 0.4) is 0 Å². The van der Waals surface area contributed by atoms with E-state index in [2.05, 4.69) is 13.0 Å².